The molecule has 0 saturated carbocycles. The third-order valence-electron chi connectivity index (χ3n) is 4.09. The zero-order chi connectivity index (χ0) is 14.1. The quantitative estimate of drug-likeness (QED) is 0.777. The first-order valence-electron chi connectivity index (χ1n) is 7.11. The molecule has 2 amide bonds. The van der Waals surface area contributed by atoms with Gasteiger partial charge in [0.25, 0.3) is 0 Å². The molecule has 1 unspecified atom stereocenters. The summed E-state index contributed by atoms with van der Waals surface area (Å²) in [7, 11) is 1.54. The molecule has 7 heteroatoms. The van der Waals surface area contributed by atoms with Crippen LogP contribution in [0.2, 0.25) is 0 Å². The van der Waals surface area contributed by atoms with Crippen molar-refractivity contribution in [3.8, 4) is 0 Å². The minimum Gasteiger partial charge on any atom is -0.314 e. The molecule has 20 heavy (non-hydrogen) atoms. The van der Waals surface area contributed by atoms with Gasteiger partial charge in [-0.3, -0.25) is 19.8 Å². The van der Waals surface area contributed by atoms with Gasteiger partial charge in [0.05, 0.1) is 12.6 Å². The molecular weight excluding hydrogens is 258 g/mol. The van der Waals surface area contributed by atoms with E-state index >= 15 is 0 Å². The third kappa shape index (κ3) is 2.33. The Bertz CT molecular complexity index is 539. The zero-order valence-electron chi connectivity index (χ0n) is 11.6. The summed E-state index contributed by atoms with van der Waals surface area (Å²) in [5, 5.41) is 11.6. The predicted molar refractivity (Wildman–Crippen MR) is 70.6 cm³/mol. The van der Waals surface area contributed by atoms with Gasteiger partial charge in [0.2, 0.25) is 11.8 Å². The van der Waals surface area contributed by atoms with Crippen LogP contribution in [-0.2, 0) is 29.1 Å². The van der Waals surface area contributed by atoms with Gasteiger partial charge < -0.3 is 4.57 Å². The second-order valence-corrected chi connectivity index (χ2v) is 5.40. The van der Waals surface area contributed by atoms with Crippen LogP contribution in [0.3, 0.4) is 0 Å². The van der Waals surface area contributed by atoms with Crippen LogP contribution in [0.15, 0.2) is 0 Å². The summed E-state index contributed by atoms with van der Waals surface area (Å²) in [5.74, 6) is 1.66. The van der Waals surface area contributed by atoms with Gasteiger partial charge in [-0.25, -0.2) is 0 Å². The first-order chi connectivity index (χ1) is 9.66. The number of hydrogen-bond donors (Lipinski definition) is 1. The summed E-state index contributed by atoms with van der Waals surface area (Å²) in [4.78, 5) is 24.6. The molecule has 1 fully saturated rings. The number of nitrogens with one attached hydrogen (secondary N) is 1. The summed E-state index contributed by atoms with van der Waals surface area (Å²) in [6.45, 7) is 1.47. The maximum Gasteiger partial charge on any atom is 0.246 e. The van der Waals surface area contributed by atoms with E-state index in [1.54, 1.807) is 0 Å². The van der Waals surface area contributed by atoms with E-state index in [0.29, 0.717) is 19.4 Å². The van der Waals surface area contributed by atoms with Crippen LogP contribution in [0, 0.1) is 0 Å². The molecule has 108 valence electrons. The Kier molecular flexibility index (Phi) is 3.52. The largest absolute Gasteiger partial charge is 0.314 e. The summed E-state index contributed by atoms with van der Waals surface area (Å²) in [6.07, 6.45) is 4.27. The maximum absolute atomic E-state index is 12.0. The molecule has 3 rings (SSSR count). The monoisotopic (exact) mass is 277 g/mol. The number of carbonyl (C=O) groups is 2. The first kappa shape index (κ1) is 13.2. The number of aryl methyl sites for hydroxylation is 1. The number of hydrogen-bond acceptors (Lipinski definition) is 5. The standard InChI is InChI=1S/C13H19N5O2/c1-17-12(19)6-5-9(13(17)20)14-8-11-16-15-10-4-2-3-7-18(10)11/h9,14H,2-8H2,1H3. The van der Waals surface area contributed by atoms with E-state index < -0.39 is 0 Å². The average molecular weight is 277 g/mol. The molecule has 1 atom stereocenters. The molecule has 3 heterocycles. The van der Waals surface area contributed by atoms with Gasteiger partial charge in [0.1, 0.15) is 11.6 Å². The molecule has 0 radical (unpaired) electrons. The number of amides is 2. The number of likely N-dealkylation sites (N-methyl/N-ethyl adjacent to an activating group) is 1. The average Bonchev–Trinajstić information content (AvgIpc) is 2.87. The Labute approximate surface area is 117 Å². The Morgan fingerprint density at radius 1 is 1.25 bits per heavy atom. The van der Waals surface area contributed by atoms with E-state index in [4.69, 9.17) is 0 Å². The molecule has 0 aromatic carbocycles. The number of imide groups is 1. The van der Waals surface area contributed by atoms with Gasteiger partial charge >= 0.3 is 0 Å². The lowest BCUT2D eigenvalue weighted by Gasteiger charge is -2.28. The molecule has 2 aliphatic heterocycles. The van der Waals surface area contributed by atoms with Crippen LogP contribution in [0.5, 0.6) is 0 Å². The van der Waals surface area contributed by atoms with E-state index in [9.17, 15) is 9.59 Å². The fraction of sp³-hybridized carbons (Fsp3) is 0.692. The molecule has 1 aromatic heterocycles. The van der Waals surface area contributed by atoms with E-state index in [2.05, 4.69) is 20.1 Å². The van der Waals surface area contributed by atoms with Crippen LogP contribution in [0.25, 0.3) is 0 Å². The summed E-state index contributed by atoms with van der Waals surface area (Å²) < 4.78 is 2.14. The Hall–Kier alpha value is -1.76. The molecule has 1 saturated heterocycles. The Morgan fingerprint density at radius 2 is 2.10 bits per heavy atom. The normalized spacial score (nSPS) is 23.1. The number of nitrogens with zero attached hydrogens (tertiary/aromatic N) is 4. The van der Waals surface area contributed by atoms with Crippen LogP contribution >= 0.6 is 0 Å². The van der Waals surface area contributed by atoms with Crippen molar-refractivity contribution in [2.45, 2.75) is 51.2 Å². The number of likely N-dealkylation sites (tertiary alicyclic amines) is 1. The number of carbonyl (C=O) groups excluding carboxylic acids is 2. The Morgan fingerprint density at radius 3 is 2.95 bits per heavy atom. The highest BCUT2D eigenvalue weighted by Crippen LogP contribution is 2.15. The number of piperidine rings is 1. The minimum absolute atomic E-state index is 0.104. The van der Waals surface area contributed by atoms with Crippen LogP contribution in [0.4, 0.5) is 0 Å². The predicted octanol–water partition coefficient (Wildman–Crippen LogP) is -0.149. The number of fused-ring (bicyclic) bond motifs is 1. The molecule has 7 nitrogen and oxygen atoms in total. The lowest BCUT2D eigenvalue weighted by molar-refractivity contribution is -0.148. The van der Waals surface area contributed by atoms with E-state index in [1.807, 2.05) is 0 Å². The van der Waals surface area contributed by atoms with Gasteiger partial charge in [-0.05, 0) is 19.3 Å². The smallest absolute Gasteiger partial charge is 0.246 e. The van der Waals surface area contributed by atoms with Crippen molar-refractivity contribution < 1.29 is 9.59 Å². The molecule has 0 aliphatic carbocycles. The van der Waals surface area contributed by atoms with Gasteiger partial charge in [0, 0.05) is 26.4 Å². The molecule has 0 spiro atoms. The third-order valence-corrected chi connectivity index (χ3v) is 4.09. The minimum atomic E-state index is -0.297. The molecule has 2 aliphatic rings. The highest BCUT2D eigenvalue weighted by atomic mass is 16.2. The lowest BCUT2D eigenvalue weighted by Crippen LogP contribution is -2.51. The highest BCUT2D eigenvalue weighted by molar-refractivity contribution is 6.00. The molecule has 0 bridgehead atoms. The van der Waals surface area contributed by atoms with Crippen molar-refractivity contribution in [2.24, 2.45) is 0 Å². The highest BCUT2D eigenvalue weighted by Gasteiger charge is 2.31. The van der Waals surface area contributed by atoms with Gasteiger partial charge in [-0.2, -0.15) is 0 Å². The fourth-order valence-electron chi connectivity index (χ4n) is 2.82. The Balaban J connectivity index is 1.64. The maximum atomic E-state index is 12.0. The summed E-state index contributed by atoms with van der Waals surface area (Å²) in [6, 6.07) is -0.297. The van der Waals surface area contributed by atoms with Crippen LogP contribution in [-0.4, -0.2) is 44.6 Å². The lowest BCUT2D eigenvalue weighted by atomic mass is 10.0. The molecule has 1 aromatic rings. The van der Waals surface area contributed by atoms with Gasteiger partial charge in [0.15, 0.2) is 0 Å². The van der Waals surface area contributed by atoms with Crippen molar-refractivity contribution in [3.05, 3.63) is 11.6 Å². The van der Waals surface area contributed by atoms with Crippen molar-refractivity contribution in [1.82, 2.24) is 25.0 Å². The SMILES string of the molecule is CN1C(=O)CCC(NCc2nnc3n2CCCC3)C1=O. The van der Waals surface area contributed by atoms with E-state index in [-0.39, 0.29) is 17.9 Å². The van der Waals surface area contributed by atoms with Crippen LogP contribution in [0.1, 0.15) is 37.3 Å². The number of aromatic nitrogens is 3. The van der Waals surface area contributed by atoms with Crippen molar-refractivity contribution in [3.63, 3.8) is 0 Å². The topological polar surface area (TPSA) is 80.1 Å². The fourth-order valence-corrected chi connectivity index (χ4v) is 2.82. The second-order valence-electron chi connectivity index (χ2n) is 5.40. The summed E-state index contributed by atoms with van der Waals surface area (Å²) in [5.41, 5.74) is 0. The van der Waals surface area contributed by atoms with Gasteiger partial charge in [-0.1, -0.05) is 0 Å². The first-order valence-corrected chi connectivity index (χ1v) is 7.11. The van der Waals surface area contributed by atoms with E-state index in [0.717, 1.165) is 31.0 Å². The van der Waals surface area contributed by atoms with Gasteiger partial charge in [-0.15, -0.1) is 10.2 Å². The van der Waals surface area contributed by atoms with Crippen molar-refractivity contribution >= 4 is 11.8 Å². The van der Waals surface area contributed by atoms with Crippen LogP contribution < -0.4 is 5.32 Å². The summed E-state index contributed by atoms with van der Waals surface area (Å²) >= 11 is 0. The second kappa shape index (κ2) is 5.32. The van der Waals surface area contributed by atoms with E-state index in [1.165, 1.54) is 18.4 Å². The zero-order valence-corrected chi connectivity index (χ0v) is 11.6. The molecule has 1 N–H and O–H groups in total. The van der Waals surface area contributed by atoms with Crippen molar-refractivity contribution in [1.29, 1.82) is 0 Å². The van der Waals surface area contributed by atoms with Crippen molar-refractivity contribution in [2.75, 3.05) is 7.05 Å². The number of rotatable bonds is 3. The molecular formula is C13H19N5O2.